The molecule has 0 saturated heterocycles. The molecule has 0 aliphatic heterocycles. The largest absolute Gasteiger partial charge is 0.399 e. The van der Waals surface area contributed by atoms with Crippen LogP contribution >= 0.6 is 0 Å². The van der Waals surface area contributed by atoms with Crippen molar-refractivity contribution in [3.05, 3.63) is 23.8 Å². The van der Waals surface area contributed by atoms with Crippen molar-refractivity contribution in [1.82, 2.24) is 0 Å². The third kappa shape index (κ3) is 2.35. The van der Waals surface area contributed by atoms with Gasteiger partial charge < -0.3 is 17.2 Å². The van der Waals surface area contributed by atoms with E-state index in [4.69, 9.17) is 17.2 Å². The quantitative estimate of drug-likeness (QED) is 0.692. The number of nitrogens with two attached hydrogens (primary N) is 3. The Hall–Kier alpha value is -1.71. The lowest BCUT2D eigenvalue weighted by atomic mass is 9.83. The number of hydrogen-bond donors (Lipinski definition) is 3. The number of carbonyl (C=O) groups excluding carboxylic acids is 1. The van der Waals surface area contributed by atoms with Crippen LogP contribution in [0.4, 0.5) is 11.4 Å². The Morgan fingerprint density at radius 1 is 1.24 bits per heavy atom. The maximum absolute atomic E-state index is 11.7. The third-order valence-electron chi connectivity index (χ3n) is 3.62. The summed E-state index contributed by atoms with van der Waals surface area (Å²) in [5, 5.41) is 0. The molecular formula is C13H19N3O. The van der Waals surface area contributed by atoms with Gasteiger partial charge in [0.15, 0.2) is 0 Å². The molecule has 4 nitrogen and oxygen atoms in total. The van der Waals surface area contributed by atoms with Gasteiger partial charge in [-0.3, -0.25) is 4.79 Å². The first-order valence-electron chi connectivity index (χ1n) is 6.04. The van der Waals surface area contributed by atoms with Crippen molar-refractivity contribution in [2.75, 3.05) is 11.5 Å². The average Bonchev–Trinajstić information content (AvgIpc) is 2.74. The minimum atomic E-state index is -0.284. The number of hydrogen-bond acceptors (Lipinski definition) is 3. The van der Waals surface area contributed by atoms with Crippen LogP contribution in [0.2, 0.25) is 0 Å². The summed E-state index contributed by atoms with van der Waals surface area (Å²) in [5.41, 5.74) is 19.1. The molecule has 1 aliphatic carbocycles. The normalized spacial score (nSPS) is 18.1. The van der Waals surface area contributed by atoms with E-state index in [9.17, 15) is 4.79 Å². The molecule has 0 aromatic heterocycles. The molecule has 1 atom stereocenters. The number of benzene rings is 1. The lowest BCUT2D eigenvalue weighted by Crippen LogP contribution is -2.27. The number of carbonyl (C=O) groups is 1. The van der Waals surface area contributed by atoms with Crippen molar-refractivity contribution < 1.29 is 4.79 Å². The summed E-state index contributed by atoms with van der Waals surface area (Å²) >= 11 is 0. The van der Waals surface area contributed by atoms with Gasteiger partial charge in [-0.05, 0) is 36.5 Å². The zero-order valence-electron chi connectivity index (χ0n) is 9.86. The third-order valence-corrected chi connectivity index (χ3v) is 3.62. The minimum absolute atomic E-state index is 0.266. The lowest BCUT2D eigenvalue weighted by Gasteiger charge is -2.22. The molecule has 1 aromatic carbocycles. The Bertz CT molecular complexity index is 425. The molecule has 1 unspecified atom stereocenters. The second-order valence-electron chi connectivity index (χ2n) is 4.81. The van der Waals surface area contributed by atoms with Gasteiger partial charge in [0.25, 0.3) is 0 Å². The summed E-state index contributed by atoms with van der Waals surface area (Å²) in [6, 6.07) is 5.30. The Balaban J connectivity index is 2.35. The fourth-order valence-electron chi connectivity index (χ4n) is 2.81. The monoisotopic (exact) mass is 233 g/mol. The standard InChI is InChI=1S/C13H19N3O/c14-9-5-6-10(11(15)7-9)12(13(16)17)8-3-1-2-4-8/h5-8,12H,1-4,14-15H2,(H2,16,17). The second kappa shape index (κ2) is 4.65. The van der Waals surface area contributed by atoms with Crippen molar-refractivity contribution in [3.8, 4) is 0 Å². The van der Waals surface area contributed by atoms with Gasteiger partial charge in [-0.2, -0.15) is 0 Å². The summed E-state index contributed by atoms with van der Waals surface area (Å²) in [5.74, 6) is -0.218. The topological polar surface area (TPSA) is 95.1 Å². The second-order valence-corrected chi connectivity index (χ2v) is 4.81. The molecule has 1 amide bonds. The Labute approximate surface area is 101 Å². The molecular weight excluding hydrogens is 214 g/mol. The van der Waals surface area contributed by atoms with Crippen LogP contribution in [0.15, 0.2) is 18.2 Å². The first kappa shape index (κ1) is 11.8. The van der Waals surface area contributed by atoms with Gasteiger partial charge in [0.05, 0.1) is 5.92 Å². The van der Waals surface area contributed by atoms with Crippen molar-refractivity contribution in [1.29, 1.82) is 0 Å². The molecule has 4 heteroatoms. The number of primary amides is 1. The van der Waals surface area contributed by atoms with Gasteiger partial charge in [0.1, 0.15) is 0 Å². The summed E-state index contributed by atoms with van der Waals surface area (Å²) in [7, 11) is 0. The van der Waals surface area contributed by atoms with Gasteiger partial charge in [0, 0.05) is 11.4 Å². The van der Waals surface area contributed by atoms with Crippen LogP contribution in [0.5, 0.6) is 0 Å². The number of anilines is 2. The molecule has 0 spiro atoms. The summed E-state index contributed by atoms with van der Waals surface area (Å²) in [4.78, 5) is 11.7. The Morgan fingerprint density at radius 2 is 1.88 bits per heavy atom. The number of rotatable bonds is 3. The van der Waals surface area contributed by atoms with E-state index in [2.05, 4.69) is 0 Å². The van der Waals surface area contributed by atoms with Crippen LogP contribution < -0.4 is 17.2 Å². The van der Waals surface area contributed by atoms with Crippen LogP contribution in [0.25, 0.3) is 0 Å². The molecule has 92 valence electrons. The van der Waals surface area contributed by atoms with E-state index in [1.807, 2.05) is 6.07 Å². The summed E-state index contributed by atoms with van der Waals surface area (Å²) in [6.07, 6.45) is 4.45. The van der Waals surface area contributed by atoms with E-state index < -0.39 is 0 Å². The molecule has 0 radical (unpaired) electrons. The average molecular weight is 233 g/mol. The highest BCUT2D eigenvalue weighted by atomic mass is 16.1. The van der Waals surface area contributed by atoms with Crippen molar-refractivity contribution in [2.24, 2.45) is 11.7 Å². The Kier molecular flexibility index (Phi) is 3.22. The van der Waals surface area contributed by atoms with Crippen LogP contribution in [0.1, 0.15) is 37.2 Å². The first-order chi connectivity index (χ1) is 8.09. The highest BCUT2D eigenvalue weighted by Crippen LogP contribution is 2.39. The van der Waals surface area contributed by atoms with E-state index in [1.54, 1.807) is 12.1 Å². The predicted octanol–water partition coefficient (Wildman–Crippen LogP) is 1.61. The van der Waals surface area contributed by atoms with Crippen LogP contribution in [-0.2, 0) is 4.79 Å². The van der Waals surface area contributed by atoms with Gasteiger partial charge in [-0.25, -0.2) is 0 Å². The molecule has 1 fully saturated rings. The zero-order valence-corrected chi connectivity index (χ0v) is 9.86. The highest BCUT2D eigenvalue weighted by molar-refractivity contribution is 5.84. The molecule has 1 aromatic rings. The Morgan fingerprint density at radius 3 is 2.41 bits per heavy atom. The van der Waals surface area contributed by atoms with Crippen molar-refractivity contribution in [3.63, 3.8) is 0 Å². The molecule has 2 rings (SSSR count). The maximum atomic E-state index is 11.7. The van der Waals surface area contributed by atoms with Gasteiger partial charge in [0.2, 0.25) is 5.91 Å². The number of amides is 1. The molecule has 0 heterocycles. The number of nitrogen functional groups attached to an aromatic ring is 2. The van der Waals surface area contributed by atoms with Gasteiger partial charge in [-0.1, -0.05) is 18.9 Å². The summed E-state index contributed by atoms with van der Waals surface area (Å²) < 4.78 is 0. The fourth-order valence-corrected chi connectivity index (χ4v) is 2.81. The van der Waals surface area contributed by atoms with Crippen molar-refractivity contribution >= 4 is 17.3 Å². The first-order valence-corrected chi connectivity index (χ1v) is 6.04. The SMILES string of the molecule is NC(=O)C(c1ccc(N)cc1N)C1CCCC1. The van der Waals surface area contributed by atoms with Gasteiger partial charge in [-0.15, -0.1) is 0 Å². The van der Waals surface area contributed by atoms with Crippen LogP contribution in [0, 0.1) is 5.92 Å². The van der Waals surface area contributed by atoms with E-state index in [0.717, 1.165) is 18.4 Å². The molecule has 6 N–H and O–H groups in total. The molecule has 0 bridgehead atoms. The highest BCUT2D eigenvalue weighted by Gasteiger charge is 2.31. The fraction of sp³-hybridized carbons (Fsp3) is 0.462. The molecule has 17 heavy (non-hydrogen) atoms. The predicted molar refractivity (Wildman–Crippen MR) is 69.2 cm³/mol. The smallest absolute Gasteiger partial charge is 0.225 e. The van der Waals surface area contributed by atoms with E-state index in [1.165, 1.54) is 12.8 Å². The lowest BCUT2D eigenvalue weighted by molar-refractivity contribution is -0.120. The maximum Gasteiger partial charge on any atom is 0.225 e. The summed E-state index contributed by atoms with van der Waals surface area (Å²) in [6.45, 7) is 0. The van der Waals surface area contributed by atoms with Gasteiger partial charge >= 0.3 is 0 Å². The van der Waals surface area contributed by atoms with Crippen LogP contribution in [0.3, 0.4) is 0 Å². The van der Waals surface area contributed by atoms with E-state index >= 15 is 0 Å². The molecule has 1 saturated carbocycles. The molecule has 1 aliphatic rings. The van der Waals surface area contributed by atoms with E-state index in [0.29, 0.717) is 17.3 Å². The van der Waals surface area contributed by atoms with Crippen molar-refractivity contribution in [2.45, 2.75) is 31.6 Å². The zero-order chi connectivity index (χ0) is 12.4. The van der Waals surface area contributed by atoms with Crippen LogP contribution in [-0.4, -0.2) is 5.91 Å². The minimum Gasteiger partial charge on any atom is -0.399 e. The van der Waals surface area contributed by atoms with E-state index in [-0.39, 0.29) is 11.8 Å².